The number of nitrogens with one attached hydrogen (secondary N) is 2. The standard InChI is InChI=1S/C15H32N4O/c1-5-19(3)11-10-17-14(16-2)18-13-15(7-6-8-15)9-12-20-4/h5-13H2,1-4H3,(H2,16,17,18). The van der Waals surface area contributed by atoms with Gasteiger partial charge < -0.3 is 20.3 Å². The molecule has 5 heteroatoms. The van der Waals surface area contributed by atoms with E-state index in [1.165, 1.54) is 19.3 Å². The fourth-order valence-corrected chi connectivity index (χ4v) is 2.53. The third-order valence-corrected chi connectivity index (χ3v) is 4.43. The molecule has 0 aromatic rings. The largest absolute Gasteiger partial charge is 0.385 e. The van der Waals surface area contributed by atoms with E-state index in [9.17, 15) is 0 Å². The van der Waals surface area contributed by atoms with E-state index in [0.717, 1.165) is 45.2 Å². The summed E-state index contributed by atoms with van der Waals surface area (Å²) >= 11 is 0. The van der Waals surface area contributed by atoms with Crippen LogP contribution in [0, 0.1) is 5.41 Å². The summed E-state index contributed by atoms with van der Waals surface area (Å²) in [6.45, 7) is 7.06. The average molecular weight is 284 g/mol. The Balaban J connectivity index is 2.26. The molecule has 0 radical (unpaired) electrons. The van der Waals surface area contributed by atoms with Gasteiger partial charge in [-0.1, -0.05) is 13.3 Å². The van der Waals surface area contributed by atoms with Crippen molar-refractivity contribution in [3.05, 3.63) is 0 Å². The molecule has 0 saturated heterocycles. The SMILES string of the molecule is CCN(C)CCNC(=NC)NCC1(CCOC)CCC1. The van der Waals surface area contributed by atoms with Crippen LogP contribution in [0.2, 0.25) is 0 Å². The van der Waals surface area contributed by atoms with E-state index in [1.54, 1.807) is 7.11 Å². The molecule has 0 aromatic carbocycles. The maximum absolute atomic E-state index is 5.23. The van der Waals surface area contributed by atoms with E-state index in [2.05, 4.69) is 34.5 Å². The number of hydrogen-bond acceptors (Lipinski definition) is 3. The molecule has 0 amide bonds. The zero-order chi connectivity index (χ0) is 14.8. The monoisotopic (exact) mass is 284 g/mol. The molecular formula is C15H32N4O. The van der Waals surface area contributed by atoms with Gasteiger partial charge in [-0.3, -0.25) is 4.99 Å². The lowest BCUT2D eigenvalue weighted by atomic mass is 9.67. The predicted octanol–water partition coefficient (Wildman–Crippen LogP) is 1.31. The first kappa shape index (κ1) is 17.2. The summed E-state index contributed by atoms with van der Waals surface area (Å²) in [7, 11) is 5.75. The topological polar surface area (TPSA) is 48.9 Å². The van der Waals surface area contributed by atoms with Crippen LogP contribution in [0.25, 0.3) is 0 Å². The van der Waals surface area contributed by atoms with Gasteiger partial charge in [0.05, 0.1) is 0 Å². The Morgan fingerprint density at radius 2 is 2.10 bits per heavy atom. The van der Waals surface area contributed by atoms with Gasteiger partial charge in [0.1, 0.15) is 0 Å². The molecule has 118 valence electrons. The molecule has 5 nitrogen and oxygen atoms in total. The van der Waals surface area contributed by atoms with Crippen LogP contribution in [-0.4, -0.2) is 64.9 Å². The highest BCUT2D eigenvalue weighted by molar-refractivity contribution is 5.79. The molecule has 0 bridgehead atoms. The first-order valence-electron chi connectivity index (χ1n) is 7.78. The minimum atomic E-state index is 0.424. The van der Waals surface area contributed by atoms with Crippen molar-refractivity contribution in [3.8, 4) is 0 Å². The van der Waals surface area contributed by atoms with Crippen molar-refractivity contribution in [1.82, 2.24) is 15.5 Å². The smallest absolute Gasteiger partial charge is 0.191 e. The minimum absolute atomic E-state index is 0.424. The second kappa shape index (κ2) is 9.19. The van der Waals surface area contributed by atoms with E-state index in [-0.39, 0.29) is 0 Å². The summed E-state index contributed by atoms with van der Waals surface area (Å²) in [6, 6.07) is 0. The van der Waals surface area contributed by atoms with E-state index in [4.69, 9.17) is 4.74 Å². The minimum Gasteiger partial charge on any atom is -0.385 e. The molecule has 1 aliphatic carbocycles. The lowest BCUT2D eigenvalue weighted by Gasteiger charge is -2.42. The maximum atomic E-state index is 5.23. The van der Waals surface area contributed by atoms with Gasteiger partial charge in [-0.2, -0.15) is 0 Å². The number of rotatable bonds is 9. The quantitative estimate of drug-likeness (QED) is 0.495. The van der Waals surface area contributed by atoms with E-state index in [0.29, 0.717) is 5.41 Å². The number of aliphatic imine (C=N–C) groups is 1. The third kappa shape index (κ3) is 5.67. The van der Waals surface area contributed by atoms with Crippen molar-refractivity contribution >= 4 is 5.96 Å². The molecule has 1 rings (SSSR count). The molecule has 0 heterocycles. The van der Waals surface area contributed by atoms with Crippen LogP contribution in [0.1, 0.15) is 32.6 Å². The molecule has 1 fully saturated rings. The number of nitrogens with zero attached hydrogens (tertiary/aromatic N) is 2. The molecule has 20 heavy (non-hydrogen) atoms. The van der Waals surface area contributed by atoms with Gasteiger partial charge in [-0.15, -0.1) is 0 Å². The molecule has 0 atom stereocenters. The zero-order valence-electron chi connectivity index (χ0n) is 13.7. The summed E-state index contributed by atoms with van der Waals surface area (Å²) in [6.07, 6.45) is 5.10. The maximum Gasteiger partial charge on any atom is 0.191 e. The third-order valence-electron chi connectivity index (χ3n) is 4.43. The lowest BCUT2D eigenvalue weighted by Crippen LogP contribution is -2.48. The predicted molar refractivity (Wildman–Crippen MR) is 85.3 cm³/mol. The van der Waals surface area contributed by atoms with Gasteiger partial charge in [-0.25, -0.2) is 0 Å². The summed E-state index contributed by atoms with van der Waals surface area (Å²) in [5.41, 5.74) is 0.424. The molecule has 1 saturated carbocycles. The van der Waals surface area contributed by atoms with Crippen LogP contribution in [0.5, 0.6) is 0 Å². The van der Waals surface area contributed by atoms with Crippen LogP contribution in [-0.2, 0) is 4.74 Å². The zero-order valence-corrected chi connectivity index (χ0v) is 13.7. The van der Waals surface area contributed by atoms with Crippen molar-refractivity contribution < 1.29 is 4.74 Å². The van der Waals surface area contributed by atoms with Crippen LogP contribution in [0.15, 0.2) is 4.99 Å². The van der Waals surface area contributed by atoms with Crippen molar-refractivity contribution in [2.75, 3.05) is 54.0 Å². The van der Waals surface area contributed by atoms with Crippen LogP contribution in [0.3, 0.4) is 0 Å². The highest BCUT2D eigenvalue weighted by Gasteiger charge is 2.36. The number of guanidine groups is 1. The Bertz CT molecular complexity index is 290. The lowest BCUT2D eigenvalue weighted by molar-refractivity contribution is 0.0732. The first-order valence-corrected chi connectivity index (χ1v) is 7.78. The molecule has 0 spiro atoms. The van der Waals surface area contributed by atoms with Crippen molar-refractivity contribution in [2.24, 2.45) is 10.4 Å². The van der Waals surface area contributed by atoms with Gasteiger partial charge in [0.15, 0.2) is 5.96 Å². The van der Waals surface area contributed by atoms with Gasteiger partial charge in [-0.05, 0) is 38.3 Å². The Labute approximate surface area is 124 Å². The second-order valence-corrected chi connectivity index (χ2v) is 5.84. The highest BCUT2D eigenvalue weighted by Crippen LogP contribution is 2.43. The number of likely N-dealkylation sites (N-methyl/N-ethyl adjacent to an activating group) is 1. The van der Waals surface area contributed by atoms with Gasteiger partial charge in [0, 0.05) is 40.4 Å². The van der Waals surface area contributed by atoms with E-state index >= 15 is 0 Å². The fraction of sp³-hybridized carbons (Fsp3) is 0.933. The molecule has 2 N–H and O–H groups in total. The molecule has 0 aliphatic heterocycles. The Morgan fingerprint density at radius 1 is 1.35 bits per heavy atom. The molecule has 0 unspecified atom stereocenters. The Morgan fingerprint density at radius 3 is 2.60 bits per heavy atom. The molecule has 1 aliphatic rings. The van der Waals surface area contributed by atoms with Gasteiger partial charge in [0.2, 0.25) is 0 Å². The van der Waals surface area contributed by atoms with Crippen LogP contribution >= 0.6 is 0 Å². The normalized spacial score (nSPS) is 17.9. The summed E-state index contributed by atoms with van der Waals surface area (Å²) in [4.78, 5) is 6.58. The van der Waals surface area contributed by atoms with Crippen molar-refractivity contribution in [1.29, 1.82) is 0 Å². The highest BCUT2D eigenvalue weighted by atomic mass is 16.5. The van der Waals surface area contributed by atoms with Crippen LogP contribution in [0.4, 0.5) is 0 Å². The Hall–Kier alpha value is -0.810. The summed E-state index contributed by atoms with van der Waals surface area (Å²) in [5.74, 6) is 0.915. The Kier molecular flexibility index (Phi) is 7.92. The second-order valence-electron chi connectivity index (χ2n) is 5.84. The first-order chi connectivity index (χ1) is 9.65. The molecular weight excluding hydrogens is 252 g/mol. The summed E-state index contributed by atoms with van der Waals surface area (Å²) < 4.78 is 5.23. The van der Waals surface area contributed by atoms with Gasteiger partial charge >= 0.3 is 0 Å². The number of hydrogen-bond donors (Lipinski definition) is 2. The average Bonchev–Trinajstić information content (AvgIpc) is 2.43. The number of ether oxygens (including phenoxy) is 1. The van der Waals surface area contributed by atoms with Crippen molar-refractivity contribution in [3.63, 3.8) is 0 Å². The van der Waals surface area contributed by atoms with E-state index in [1.807, 2.05) is 7.05 Å². The van der Waals surface area contributed by atoms with E-state index < -0.39 is 0 Å². The van der Waals surface area contributed by atoms with Crippen LogP contribution < -0.4 is 10.6 Å². The number of methoxy groups -OCH3 is 1. The van der Waals surface area contributed by atoms with Gasteiger partial charge in [0.25, 0.3) is 0 Å². The summed E-state index contributed by atoms with van der Waals surface area (Å²) in [5, 5.41) is 6.86. The van der Waals surface area contributed by atoms with Crippen molar-refractivity contribution in [2.45, 2.75) is 32.6 Å². The molecule has 0 aromatic heterocycles. The fourth-order valence-electron chi connectivity index (χ4n) is 2.53.